The molecule has 0 aromatic rings. The van der Waals surface area contributed by atoms with E-state index in [9.17, 15) is 14.5 Å². The van der Waals surface area contributed by atoms with Gasteiger partial charge in [0.2, 0.25) is 12.7 Å². The third-order valence-electron chi connectivity index (χ3n) is 4.74. The number of aliphatic hydroxyl groups excluding tert-OH is 1. The molecule has 3 nitrogen and oxygen atoms in total. The zero-order chi connectivity index (χ0) is 21.1. The Morgan fingerprint density at radius 2 is 1.35 bits per heavy atom. The summed E-state index contributed by atoms with van der Waals surface area (Å²) in [6.45, 7) is 24.0. The number of carbonyl (C=O) groups is 1. The Morgan fingerprint density at radius 1 is 0.923 bits per heavy atom. The van der Waals surface area contributed by atoms with Gasteiger partial charge in [-0.15, -0.1) is 0 Å². The molecular formula is C22H39O3P. The summed E-state index contributed by atoms with van der Waals surface area (Å²) in [5.41, 5.74) is -0.977. The third-order valence-corrected chi connectivity index (χ3v) is 8.21. The van der Waals surface area contributed by atoms with Gasteiger partial charge in [0.05, 0.1) is 5.66 Å². The quantitative estimate of drug-likeness (QED) is 0.408. The Balaban J connectivity index is 3.71. The van der Waals surface area contributed by atoms with Gasteiger partial charge >= 0.3 is 0 Å². The van der Waals surface area contributed by atoms with Crippen molar-refractivity contribution in [3.8, 4) is 0 Å². The normalized spacial score (nSPS) is 26.0. The molecule has 0 amide bonds. The maximum absolute atomic E-state index is 14.0. The molecule has 0 aromatic carbocycles. The first-order valence-corrected chi connectivity index (χ1v) is 11.2. The summed E-state index contributed by atoms with van der Waals surface area (Å²) in [6, 6.07) is 0. The van der Waals surface area contributed by atoms with E-state index in [4.69, 9.17) is 0 Å². The van der Waals surface area contributed by atoms with E-state index >= 15 is 0 Å². The van der Waals surface area contributed by atoms with Crippen LogP contribution in [0.3, 0.4) is 0 Å². The first-order valence-electron chi connectivity index (χ1n) is 9.47. The average molecular weight is 383 g/mol. The molecule has 26 heavy (non-hydrogen) atoms. The smallest absolute Gasteiger partial charge is 0.225 e. The van der Waals surface area contributed by atoms with Crippen molar-refractivity contribution < 1.29 is 14.5 Å². The molecule has 0 radical (unpaired) electrons. The Hall–Kier alpha value is -0.820. The van der Waals surface area contributed by atoms with Crippen LogP contribution in [-0.4, -0.2) is 16.3 Å². The molecule has 0 saturated heterocycles. The number of aliphatic hydroxyl groups is 1. The molecule has 0 unspecified atom stereocenters. The summed E-state index contributed by atoms with van der Waals surface area (Å²) in [5, 5.41) is 10.8. The van der Waals surface area contributed by atoms with Crippen molar-refractivity contribution in [3.05, 3.63) is 22.7 Å². The Bertz CT molecular complexity index is 696. The molecule has 0 bridgehead atoms. The summed E-state index contributed by atoms with van der Waals surface area (Å²) in [6.07, 6.45) is 1.93. The lowest BCUT2D eigenvalue weighted by Gasteiger charge is -2.50. The molecule has 0 fully saturated rings. The van der Waals surface area contributed by atoms with Crippen molar-refractivity contribution >= 4 is 12.7 Å². The van der Waals surface area contributed by atoms with Crippen molar-refractivity contribution in [2.75, 3.05) is 0 Å². The van der Waals surface area contributed by atoms with Crippen LogP contribution in [0.2, 0.25) is 0 Å². The van der Waals surface area contributed by atoms with E-state index in [0.29, 0.717) is 5.57 Å². The predicted octanol–water partition coefficient (Wildman–Crippen LogP) is 7.14. The van der Waals surface area contributed by atoms with E-state index in [1.54, 1.807) is 0 Å². The van der Waals surface area contributed by atoms with Gasteiger partial charge in [-0.05, 0) is 27.2 Å². The van der Waals surface area contributed by atoms with Gasteiger partial charge in [-0.1, -0.05) is 89.2 Å². The van der Waals surface area contributed by atoms with Crippen LogP contribution in [0.15, 0.2) is 22.7 Å². The summed E-state index contributed by atoms with van der Waals surface area (Å²) in [5.74, 6) is 0. The first kappa shape index (κ1) is 23.2. The minimum Gasteiger partial charge on any atom is -0.504 e. The summed E-state index contributed by atoms with van der Waals surface area (Å²) < 4.78 is 14.0. The number of carbonyl (C=O) groups excluding carboxylic acids is 1. The Morgan fingerprint density at radius 3 is 1.62 bits per heavy atom. The zero-order valence-corrected chi connectivity index (χ0v) is 19.8. The minimum absolute atomic E-state index is 0.154. The molecule has 2 atom stereocenters. The van der Waals surface area contributed by atoms with E-state index < -0.39 is 18.2 Å². The number of allylic oxidation sites excluding steroid dienone is 3. The molecule has 0 saturated carbocycles. The SMILES string of the molecule is CC(C)(C)/C=C(\C(=O)[P@@]1(=O)C(O)=C(C(C)(C)C)[C@@H]1C(C)(C)C)C(C)(C)C. The van der Waals surface area contributed by atoms with Crippen LogP contribution in [-0.2, 0) is 9.36 Å². The molecule has 4 heteroatoms. The van der Waals surface area contributed by atoms with E-state index in [0.717, 1.165) is 5.57 Å². The van der Waals surface area contributed by atoms with Gasteiger partial charge in [0.1, 0.15) is 0 Å². The second-order valence-electron chi connectivity index (χ2n) is 11.9. The van der Waals surface area contributed by atoms with Gasteiger partial charge < -0.3 is 9.67 Å². The molecule has 0 aromatic heterocycles. The van der Waals surface area contributed by atoms with Crippen LogP contribution in [0.5, 0.6) is 0 Å². The maximum atomic E-state index is 14.0. The fourth-order valence-electron chi connectivity index (χ4n) is 3.69. The van der Waals surface area contributed by atoms with Crippen molar-refractivity contribution in [2.24, 2.45) is 21.7 Å². The van der Waals surface area contributed by atoms with Gasteiger partial charge in [-0.3, -0.25) is 4.79 Å². The fraction of sp³-hybridized carbons (Fsp3) is 0.773. The highest BCUT2D eigenvalue weighted by Gasteiger charge is 2.63. The zero-order valence-electron chi connectivity index (χ0n) is 18.9. The van der Waals surface area contributed by atoms with E-state index in [1.807, 2.05) is 89.2 Å². The second-order valence-corrected chi connectivity index (χ2v) is 14.6. The monoisotopic (exact) mass is 382 g/mol. The third kappa shape index (κ3) is 4.19. The van der Waals surface area contributed by atoms with E-state index in [-0.39, 0.29) is 27.3 Å². The number of hydrogen-bond acceptors (Lipinski definition) is 3. The van der Waals surface area contributed by atoms with E-state index in [1.165, 1.54) is 0 Å². The fourth-order valence-corrected chi connectivity index (χ4v) is 7.70. The Labute approximate surface area is 160 Å². The summed E-state index contributed by atoms with van der Waals surface area (Å²) in [7, 11) is -3.57. The van der Waals surface area contributed by atoms with Crippen LogP contribution in [0.4, 0.5) is 0 Å². The highest BCUT2D eigenvalue weighted by molar-refractivity contribution is 7.86. The largest absolute Gasteiger partial charge is 0.504 e. The van der Waals surface area contributed by atoms with Crippen LogP contribution in [0.1, 0.15) is 83.1 Å². The lowest BCUT2D eigenvalue weighted by molar-refractivity contribution is -0.110. The lowest BCUT2D eigenvalue weighted by atomic mass is 9.76. The highest BCUT2D eigenvalue weighted by Crippen LogP contribution is 2.76. The van der Waals surface area contributed by atoms with E-state index in [2.05, 4.69) is 0 Å². The van der Waals surface area contributed by atoms with Gasteiger partial charge in [0.25, 0.3) is 0 Å². The lowest BCUT2D eigenvalue weighted by Crippen LogP contribution is -2.44. The van der Waals surface area contributed by atoms with Crippen molar-refractivity contribution in [1.82, 2.24) is 0 Å². The molecule has 1 rings (SSSR count). The molecule has 1 heterocycles. The second kappa shape index (κ2) is 6.36. The molecular weight excluding hydrogens is 343 g/mol. The highest BCUT2D eigenvalue weighted by atomic mass is 31.2. The number of rotatable bonds is 2. The van der Waals surface area contributed by atoms with Crippen molar-refractivity contribution in [2.45, 2.75) is 88.7 Å². The topological polar surface area (TPSA) is 54.4 Å². The predicted molar refractivity (Wildman–Crippen MR) is 112 cm³/mol. The van der Waals surface area contributed by atoms with Crippen molar-refractivity contribution in [1.29, 1.82) is 0 Å². The maximum Gasteiger partial charge on any atom is 0.225 e. The molecule has 1 N–H and O–H groups in total. The average Bonchev–Trinajstić information content (AvgIpc) is 2.34. The molecule has 150 valence electrons. The molecule has 1 aliphatic heterocycles. The molecule has 0 spiro atoms. The summed E-state index contributed by atoms with van der Waals surface area (Å²) >= 11 is 0. The van der Waals surface area contributed by atoms with Crippen LogP contribution < -0.4 is 0 Å². The van der Waals surface area contributed by atoms with Crippen molar-refractivity contribution in [3.63, 3.8) is 0 Å². The van der Waals surface area contributed by atoms with Gasteiger partial charge in [0, 0.05) is 5.57 Å². The first-order chi connectivity index (χ1) is 11.1. The van der Waals surface area contributed by atoms with Gasteiger partial charge in [-0.2, -0.15) is 0 Å². The summed E-state index contributed by atoms with van der Waals surface area (Å²) in [4.78, 5) is 13.6. The Kier molecular flexibility index (Phi) is 5.68. The van der Waals surface area contributed by atoms with Crippen LogP contribution >= 0.6 is 7.14 Å². The molecule has 1 aliphatic rings. The minimum atomic E-state index is -3.57. The van der Waals surface area contributed by atoms with Gasteiger partial charge in [0.15, 0.2) is 5.50 Å². The van der Waals surface area contributed by atoms with Crippen LogP contribution in [0, 0.1) is 21.7 Å². The molecule has 0 aliphatic carbocycles. The standard InChI is InChI=1S/C22H39O3P/c1-19(2,3)13-14(20(4,5)6)17(23)26(25)16(22(10,11)12)15(18(26)24)21(7,8)9/h13,16,24H,1-12H3/b14-13+/t16-,26-/m1/s1. The van der Waals surface area contributed by atoms with Crippen LogP contribution in [0.25, 0.3) is 0 Å². The van der Waals surface area contributed by atoms with Gasteiger partial charge in [-0.25, -0.2) is 0 Å². The number of hydrogen-bond donors (Lipinski definition) is 1.